The van der Waals surface area contributed by atoms with E-state index in [2.05, 4.69) is 217 Å². The van der Waals surface area contributed by atoms with Crippen LogP contribution in [0.2, 0.25) is 0 Å². The summed E-state index contributed by atoms with van der Waals surface area (Å²) in [6.07, 6.45) is 0. The van der Waals surface area contributed by atoms with E-state index in [0.29, 0.717) is 0 Å². The Morgan fingerprint density at radius 1 is 0.415 bits per heavy atom. The maximum atomic E-state index is 2.46. The smallest absolute Gasteiger partial charge is 0.0562 e. The van der Waals surface area contributed by atoms with Crippen molar-refractivity contribution in [2.75, 3.05) is 4.90 Å². The van der Waals surface area contributed by atoms with Crippen LogP contribution >= 0.6 is 0 Å². The Morgan fingerprint density at radius 3 is 1.79 bits per heavy atom. The van der Waals surface area contributed by atoms with Crippen molar-refractivity contribution in [2.24, 2.45) is 0 Å². The van der Waals surface area contributed by atoms with Crippen LogP contribution in [0.3, 0.4) is 0 Å². The number of fused-ring (bicyclic) bond motifs is 6. The van der Waals surface area contributed by atoms with Crippen LogP contribution in [0.5, 0.6) is 0 Å². The highest BCUT2D eigenvalue weighted by Gasteiger charge is 2.35. The summed E-state index contributed by atoms with van der Waals surface area (Å²) in [4.78, 5) is 2.46. The van der Waals surface area contributed by atoms with Gasteiger partial charge in [0.25, 0.3) is 0 Å². The molecule has 0 unspecified atom stereocenters. The van der Waals surface area contributed by atoms with Crippen LogP contribution < -0.4 is 4.90 Å². The van der Waals surface area contributed by atoms with E-state index in [1.165, 1.54) is 72.0 Å². The first-order valence-corrected chi connectivity index (χ1v) is 18.4. The molecule has 0 saturated heterocycles. The molecule has 0 amide bonds. The molecule has 9 aromatic rings. The Bertz CT molecular complexity index is 2790. The zero-order valence-electron chi connectivity index (χ0n) is 29.9. The third-order valence-electron chi connectivity index (χ3n) is 11.2. The van der Waals surface area contributed by atoms with E-state index in [0.717, 1.165) is 17.1 Å². The lowest BCUT2D eigenvalue weighted by Crippen LogP contribution is -2.14. The second kappa shape index (κ2) is 12.3. The van der Waals surface area contributed by atoms with Gasteiger partial charge in [0.15, 0.2) is 0 Å². The monoisotopic (exact) mass is 678 g/mol. The normalized spacial score (nSPS) is 12.9. The number of aromatic nitrogens is 1. The van der Waals surface area contributed by atoms with E-state index in [4.69, 9.17) is 0 Å². The molecule has 1 aliphatic carbocycles. The third kappa shape index (κ3) is 4.94. The second-order valence-corrected chi connectivity index (χ2v) is 14.6. The maximum Gasteiger partial charge on any atom is 0.0562 e. The fraction of sp³-hybridized carbons (Fsp3) is 0.0588. The minimum atomic E-state index is -0.0405. The fourth-order valence-electron chi connectivity index (χ4n) is 8.68. The Hall–Kier alpha value is -6.64. The third-order valence-corrected chi connectivity index (χ3v) is 11.2. The topological polar surface area (TPSA) is 8.17 Å². The first-order chi connectivity index (χ1) is 26.1. The SMILES string of the molecule is CC1(C)c2ccccc2-c2cc(-n3c4ccccc4c4c(N(c5ccc(-c6ccccc6)cc5)c5ccccc5-c5ccccc5)cccc43)ccc21. The van der Waals surface area contributed by atoms with Gasteiger partial charge in [0.2, 0.25) is 0 Å². The van der Waals surface area contributed by atoms with Gasteiger partial charge in [0.05, 0.1) is 22.4 Å². The van der Waals surface area contributed by atoms with Gasteiger partial charge in [0.1, 0.15) is 0 Å². The Labute approximate surface area is 310 Å². The number of hydrogen-bond acceptors (Lipinski definition) is 1. The zero-order chi connectivity index (χ0) is 35.5. The molecule has 0 spiro atoms. The highest BCUT2D eigenvalue weighted by Crippen LogP contribution is 2.50. The van der Waals surface area contributed by atoms with Crippen molar-refractivity contribution in [1.82, 2.24) is 4.57 Å². The van der Waals surface area contributed by atoms with Gasteiger partial charge in [-0.15, -0.1) is 0 Å². The van der Waals surface area contributed by atoms with Crippen LogP contribution in [-0.2, 0) is 5.41 Å². The molecule has 8 aromatic carbocycles. The van der Waals surface area contributed by atoms with Gasteiger partial charge in [-0.1, -0.05) is 159 Å². The van der Waals surface area contributed by atoms with Crippen LogP contribution in [0.25, 0.3) is 60.9 Å². The molecule has 252 valence electrons. The molecular weight excluding hydrogens is 641 g/mol. The summed E-state index contributed by atoms with van der Waals surface area (Å²) in [6, 6.07) is 70.8. The van der Waals surface area contributed by atoms with Gasteiger partial charge in [-0.05, 0) is 87.5 Å². The molecule has 0 aliphatic heterocycles. The van der Waals surface area contributed by atoms with Crippen molar-refractivity contribution in [2.45, 2.75) is 19.3 Å². The summed E-state index contributed by atoms with van der Waals surface area (Å²) in [6.45, 7) is 4.69. The van der Waals surface area contributed by atoms with Gasteiger partial charge in [-0.2, -0.15) is 0 Å². The minimum Gasteiger partial charge on any atom is -0.309 e. The van der Waals surface area contributed by atoms with Crippen molar-refractivity contribution < 1.29 is 0 Å². The Kier molecular flexibility index (Phi) is 7.19. The number of benzene rings is 8. The molecular formula is C51H38N2. The Balaban J connectivity index is 1.23. The van der Waals surface area contributed by atoms with E-state index in [-0.39, 0.29) is 5.41 Å². The van der Waals surface area contributed by atoms with Gasteiger partial charge in [-0.3, -0.25) is 0 Å². The van der Waals surface area contributed by atoms with E-state index in [9.17, 15) is 0 Å². The summed E-state index contributed by atoms with van der Waals surface area (Å²) >= 11 is 0. The van der Waals surface area contributed by atoms with Crippen LogP contribution in [0.4, 0.5) is 17.1 Å². The summed E-state index contributed by atoms with van der Waals surface area (Å²) in [7, 11) is 0. The van der Waals surface area contributed by atoms with E-state index in [1.54, 1.807) is 0 Å². The van der Waals surface area contributed by atoms with E-state index in [1.807, 2.05) is 0 Å². The van der Waals surface area contributed by atoms with E-state index < -0.39 is 0 Å². The van der Waals surface area contributed by atoms with Crippen molar-refractivity contribution in [3.63, 3.8) is 0 Å². The highest BCUT2D eigenvalue weighted by molar-refractivity contribution is 6.17. The number of hydrogen-bond donors (Lipinski definition) is 0. The quantitative estimate of drug-likeness (QED) is 0.170. The summed E-state index contributed by atoms with van der Waals surface area (Å²) in [5.74, 6) is 0. The molecule has 0 atom stereocenters. The van der Waals surface area contributed by atoms with Crippen molar-refractivity contribution >= 4 is 38.9 Å². The number of para-hydroxylation sites is 2. The van der Waals surface area contributed by atoms with Crippen molar-refractivity contribution in [3.8, 4) is 39.1 Å². The lowest BCUT2D eigenvalue weighted by atomic mass is 9.82. The Morgan fingerprint density at radius 2 is 1.00 bits per heavy atom. The van der Waals surface area contributed by atoms with Crippen molar-refractivity contribution in [1.29, 1.82) is 0 Å². The van der Waals surface area contributed by atoms with Gasteiger partial charge in [-0.25, -0.2) is 0 Å². The summed E-state index contributed by atoms with van der Waals surface area (Å²) < 4.78 is 2.46. The molecule has 1 aliphatic rings. The lowest BCUT2D eigenvalue weighted by molar-refractivity contribution is 0.660. The lowest BCUT2D eigenvalue weighted by Gasteiger charge is -2.29. The predicted octanol–water partition coefficient (Wildman–Crippen LogP) is 13.9. The molecule has 2 nitrogen and oxygen atoms in total. The molecule has 0 N–H and O–H groups in total. The molecule has 0 bridgehead atoms. The van der Waals surface area contributed by atoms with Crippen LogP contribution in [0.15, 0.2) is 194 Å². The first-order valence-electron chi connectivity index (χ1n) is 18.4. The molecule has 1 aromatic heterocycles. The molecule has 10 rings (SSSR count). The molecule has 0 saturated carbocycles. The van der Waals surface area contributed by atoms with Crippen LogP contribution in [-0.4, -0.2) is 4.57 Å². The van der Waals surface area contributed by atoms with Gasteiger partial charge >= 0.3 is 0 Å². The fourth-order valence-corrected chi connectivity index (χ4v) is 8.68. The van der Waals surface area contributed by atoms with Crippen LogP contribution in [0, 0.1) is 0 Å². The maximum absolute atomic E-state index is 2.46. The van der Waals surface area contributed by atoms with Gasteiger partial charge in [0, 0.05) is 33.1 Å². The molecule has 2 heteroatoms. The first kappa shape index (κ1) is 31.1. The molecule has 53 heavy (non-hydrogen) atoms. The predicted molar refractivity (Wildman–Crippen MR) is 224 cm³/mol. The number of rotatable bonds is 6. The van der Waals surface area contributed by atoms with Crippen molar-refractivity contribution in [3.05, 3.63) is 205 Å². The number of anilines is 3. The zero-order valence-corrected chi connectivity index (χ0v) is 29.9. The largest absolute Gasteiger partial charge is 0.309 e. The highest BCUT2D eigenvalue weighted by atomic mass is 15.2. The minimum absolute atomic E-state index is 0.0405. The summed E-state index contributed by atoms with van der Waals surface area (Å²) in [5, 5.41) is 2.45. The average Bonchev–Trinajstić information content (AvgIpc) is 3.68. The van der Waals surface area contributed by atoms with Gasteiger partial charge < -0.3 is 9.47 Å². The molecule has 0 fully saturated rings. The molecule has 0 radical (unpaired) electrons. The van der Waals surface area contributed by atoms with Crippen LogP contribution in [0.1, 0.15) is 25.0 Å². The summed E-state index contributed by atoms with van der Waals surface area (Å²) in [5.41, 5.74) is 17.1. The van der Waals surface area contributed by atoms with E-state index >= 15 is 0 Å². The second-order valence-electron chi connectivity index (χ2n) is 14.6. The standard InChI is InChI=1S/C51H38N2/c1-51(2)44-23-12-9-21-41(44)43-34-39(32-33-45(43)51)53-47-25-14-11-22-42(47)50-48(26-15-27-49(50)53)52(38-30-28-36(29-31-38)35-16-5-3-6-17-35)46-24-13-10-20-40(46)37-18-7-4-8-19-37/h3-34H,1-2H3. The average molecular weight is 679 g/mol. The molecule has 1 heterocycles. The number of nitrogens with zero attached hydrogens (tertiary/aromatic N) is 2.